The van der Waals surface area contributed by atoms with Crippen molar-refractivity contribution in [2.24, 2.45) is 0 Å². The van der Waals surface area contributed by atoms with Gasteiger partial charge in [-0.1, -0.05) is 37.5 Å². The Hall–Kier alpha value is -1.32. The minimum atomic E-state index is 0.997. The first-order valence-corrected chi connectivity index (χ1v) is 12.7. The van der Waals surface area contributed by atoms with Crippen molar-refractivity contribution < 1.29 is 13.4 Å². The third kappa shape index (κ3) is 7.42. The van der Waals surface area contributed by atoms with Gasteiger partial charge in [0.1, 0.15) is 12.1 Å². The van der Waals surface area contributed by atoms with Gasteiger partial charge in [-0.2, -0.15) is 0 Å². The Labute approximate surface area is 186 Å². The van der Waals surface area contributed by atoms with Crippen molar-refractivity contribution in [2.75, 3.05) is 46.3 Å². The maximum Gasteiger partial charge on any atom is 0.159 e. The number of benzene rings is 1. The van der Waals surface area contributed by atoms with E-state index in [1.165, 1.54) is 87.5 Å². The van der Waals surface area contributed by atoms with Crippen molar-refractivity contribution in [1.82, 2.24) is 0 Å². The summed E-state index contributed by atoms with van der Waals surface area (Å²) < 4.78 is 8.46. The molecule has 1 unspecified atom stereocenters. The van der Waals surface area contributed by atoms with Gasteiger partial charge in [-0.15, -0.1) is 0 Å². The van der Waals surface area contributed by atoms with Gasteiger partial charge in [-0.3, -0.25) is 0 Å². The summed E-state index contributed by atoms with van der Waals surface area (Å²) in [6, 6.07) is 10.6. The third-order valence-electron chi connectivity index (χ3n) is 7.62. The zero-order valence-corrected chi connectivity index (χ0v) is 20.6. The van der Waals surface area contributed by atoms with E-state index in [9.17, 15) is 0 Å². The third-order valence-corrected chi connectivity index (χ3v) is 7.62. The van der Waals surface area contributed by atoms with Gasteiger partial charge in [0, 0.05) is 5.39 Å². The molecule has 0 saturated heterocycles. The minimum Gasteiger partial charge on any atom is -0.455 e. The first-order valence-electron chi connectivity index (χ1n) is 12.7. The summed E-state index contributed by atoms with van der Waals surface area (Å²) in [5.74, 6) is 1.13. The fraction of sp³-hybridized carbons (Fsp3) is 0.704. The quantitative estimate of drug-likeness (QED) is 0.212. The number of fused-ring (bicyclic) bond motifs is 1. The molecule has 0 amide bonds. The number of rotatable bonds is 16. The van der Waals surface area contributed by atoms with Gasteiger partial charge in [0.25, 0.3) is 0 Å². The maximum atomic E-state index is 6.08. The predicted octanol–water partition coefficient (Wildman–Crippen LogP) is 7.01. The Bertz CT molecular complexity index is 677. The van der Waals surface area contributed by atoms with Crippen LogP contribution in [0.2, 0.25) is 0 Å². The summed E-state index contributed by atoms with van der Waals surface area (Å²) >= 11 is 0. The zero-order chi connectivity index (χ0) is 21.9. The van der Waals surface area contributed by atoms with E-state index < -0.39 is 0 Å². The topological polar surface area (TPSA) is 13.1 Å². The monoisotopic (exact) mass is 416 g/mol. The van der Waals surface area contributed by atoms with Crippen LogP contribution in [0.5, 0.6) is 0 Å². The zero-order valence-electron chi connectivity index (χ0n) is 20.6. The molecule has 1 aromatic carbocycles. The van der Waals surface area contributed by atoms with Crippen molar-refractivity contribution in [3.05, 3.63) is 36.1 Å². The van der Waals surface area contributed by atoms with Crippen LogP contribution in [-0.4, -0.2) is 55.3 Å². The van der Waals surface area contributed by atoms with Crippen molar-refractivity contribution in [2.45, 2.75) is 79.2 Å². The molecular formula is C27H48N2O+2. The summed E-state index contributed by atoms with van der Waals surface area (Å²) in [4.78, 5) is 0. The highest BCUT2D eigenvalue weighted by atomic mass is 16.3. The molecular weight excluding hydrogens is 368 g/mol. The molecule has 1 heterocycles. The summed E-state index contributed by atoms with van der Waals surface area (Å²) in [6.07, 6.45) is 9.72. The molecule has 1 aromatic heterocycles. The predicted molar refractivity (Wildman–Crippen MR) is 131 cm³/mol. The van der Waals surface area contributed by atoms with E-state index in [2.05, 4.69) is 65.1 Å². The summed E-state index contributed by atoms with van der Waals surface area (Å²) in [6.45, 7) is 18.0. The van der Waals surface area contributed by atoms with E-state index >= 15 is 0 Å². The Morgan fingerprint density at radius 1 is 0.700 bits per heavy atom. The first-order chi connectivity index (χ1) is 14.5. The van der Waals surface area contributed by atoms with E-state index in [0.29, 0.717) is 0 Å². The Morgan fingerprint density at radius 3 is 1.83 bits per heavy atom. The molecule has 0 aliphatic rings. The number of para-hydroxylation sites is 1. The van der Waals surface area contributed by atoms with Gasteiger partial charge < -0.3 is 13.4 Å². The highest BCUT2D eigenvalue weighted by Gasteiger charge is 2.22. The van der Waals surface area contributed by atoms with Crippen molar-refractivity contribution in [3.8, 4) is 0 Å². The molecule has 0 N–H and O–H groups in total. The molecule has 0 aliphatic carbocycles. The van der Waals surface area contributed by atoms with Crippen molar-refractivity contribution in [1.29, 1.82) is 0 Å². The second kappa shape index (κ2) is 12.5. The largest absolute Gasteiger partial charge is 0.455 e. The second-order valence-electron chi connectivity index (χ2n) is 9.56. The smallest absolute Gasteiger partial charge is 0.159 e. The van der Waals surface area contributed by atoms with Crippen LogP contribution < -0.4 is 0 Å². The number of nitrogens with zero attached hydrogens (tertiary/aromatic N) is 2. The van der Waals surface area contributed by atoms with Crippen LogP contribution >= 0.6 is 0 Å². The molecule has 2 rings (SSSR count). The lowest BCUT2D eigenvalue weighted by Gasteiger charge is -2.35. The molecule has 1 atom stereocenters. The first kappa shape index (κ1) is 24.9. The van der Waals surface area contributed by atoms with Gasteiger partial charge in [-0.25, -0.2) is 0 Å². The summed E-state index contributed by atoms with van der Waals surface area (Å²) in [5, 5.41) is 1.23. The second-order valence-corrected chi connectivity index (χ2v) is 9.56. The Balaban J connectivity index is 1.61. The van der Waals surface area contributed by atoms with Crippen LogP contribution in [0.4, 0.5) is 0 Å². The highest BCUT2D eigenvalue weighted by molar-refractivity contribution is 5.77. The highest BCUT2D eigenvalue weighted by Crippen LogP contribution is 2.22. The van der Waals surface area contributed by atoms with Crippen LogP contribution in [0.3, 0.4) is 0 Å². The molecule has 0 spiro atoms. The Kier molecular flexibility index (Phi) is 10.4. The fourth-order valence-electron chi connectivity index (χ4n) is 4.81. The fourth-order valence-corrected chi connectivity index (χ4v) is 4.81. The van der Waals surface area contributed by atoms with Gasteiger partial charge in [-0.05, 0) is 65.5 Å². The normalized spacial score (nSPS) is 14.3. The van der Waals surface area contributed by atoms with Crippen LogP contribution in [0.25, 0.3) is 11.0 Å². The number of hydrogen-bond acceptors (Lipinski definition) is 1. The standard InChI is InChI=1S/C27H48N2O/c1-6-28(5,24-26-23-25-19-15-16-20-27(25)30-26)21-17-13-11-10-12-14-18-22-29(7-2,8-3)9-4/h15-16,19-20,23H,6-14,17-18,21-22,24H2,1-5H3/q+2. The van der Waals surface area contributed by atoms with Gasteiger partial charge in [0.2, 0.25) is 0 Å². The van der Waals surface area contributed by atoms with Crippen molar-refractivity contribution >= 4 is 11.0 Å². The molecule has 0 fully saturated rings. The molecule has 0 aliphatic heterocycles. The lowest BCUT2D eigenvalue weighted by molar-refractivity contribution is -0.923. The molecule has 3 heteroatoms. The molecule has 30 heavy (non-hydrogen) atoms. The van der Waals surface area contributed by atoms with E-state index in [1.807, 2.05) is 0 Å². The van der Waals surface area contributed by atoms with Gasteiger partial charge >= 0.3 is 0 Å². The number of quaternary nitrogens is 2. The van der Waals surface area contributed by atoms with E-state index in [-0.39, 0.29) is 0 Å². The average Bonchev–Trinajstić information content (AvgIpc) is 3.17. The molecule has 170 valence electrons. The van der Waals surface area contributed by atoms with E-state index in [0.717, 1.165) is 28.9 Å². The molecule has 3 nitrogen and oxygen atoms in total. The molecule has 2 aromatic rings. The lowest BCUT2D eigenvalue weighted by Crippen LogP contribution is -2.48. The van der Waals surface area contributed by atoms with Crippen molar-refractivity contribution in [3.63, 3.8) is 0 Å². The average molecular weight is 417 g/mol. The van der Waals surface area contributed by atoms with E-state index in [1.54, 1.807) is 0 Å². The Morgan fingerprint density at radius 2 is 1.27 bits per heavy atom. The van der Waals surface area contributed by atoms with Crippen LogP contribution in [0.15, 0.2) is 34.7 Å². The maximum absolute atomic E-state index is 6.08. The van der Waals surface area contributed by atoms with Crippen LogP contribution in [-0.2, 0) is 6.54 Å². The molecule has 0 radical (unpaired) electrons. The SMILES string of the molecule is CC[N+](C)(CCCCCCCCC[N+](CC)(CC)CC)Cc1cc2ccccc2o1. The summed E-state index contributed by atoms with van der Waals surface area (Å²) in [5.41, 5.74) is 1.02. The number of furan rings is 1. The lowest BCUT2D eigenvalue weighted by atomic mass is 10.1. The summed E-state index contributed by atoms with van der Waals surface area (Å²) in [7, 11) is 2.38. The van der Waals surface area contributed by atoms with Crippen LogP contribution in [0.1, 0.15) is 78.4 Å². The minimum absolute atomic E-state index is 0.997. The van der Waals surface area contributed by atoms with E-state index in [4.69, 9.17) is 4.42 Å². The van der Waals surface area contributed by atoms with Crippen LogP contribution in [0, 0.1) is 0 Å². The van der Waals surface area contributed by atoms with Gasteiger partial charge in [0.05, 0.1) is 46.3 Å². The number of unbranched alkanes of at least 4 members (excludes halogenated alkanes) is 6. The number of hydrogen-bond donors (Lipinski definition) is 0. The molecule has 0 bridgehead atoms. The van der Waals surface area contributed by atoms with Gasteiger partial charge in [0.15, 0.2) is 5.76 Å². The molecule has 0 saturated carbocycles.